The van der Waals surface area contributed by atoms with Gasteiger partial charge in [-0.3, -0.25) is 9.59 Å². The summed E-state index contributed by atoms with van der Waals surface area (Å²) in [5, 5.41) is 3.86. The van der Waals surface area contributed by atoms with Gasteiger partial charge in [0.2, 0.25) is 11.7 Å². The molecule has 0 saturated carbocycles. The van der Waals surface area contributed by atoms with Crippen molar-refractivity contribution in [2.75, 3.05) is 18.6 Å². The smallest absolute Gasteiger partial charge is 0.311 e. The zero-order valence-corrected chi connectivity index (χ0v) is 15.2. The first-order valence-corrected chi connectivity index (χ1v) is 8.75. The Kier molecular flexibility index (Phi) is 4.84. The van der Waals surface area contributed by atoms with Crippen LogP contribution in [-0.4, -0.2) is 30.7 Å². The van der Waals surface area contributed by atoms with Gasteiger partial charge in [-0.05, 0) is 24.3 Å². The van der Waals surface area contributed by atoms with Gasteiger partial charge in [-0.15, -0.1) is 0 Å². The van der Waals surface area contributed by atoms with E-state index in [4.69, 9.17) is 18.4 Å². The Balaban J connectivity index is 1.37. The average molecular weight is 382 g/mol. The van der Waals surface area contributed by atoms with E-state index in [-0.39, 0.29) is 25.5 Å². The van der Waals surface area contributed by atoms with E-state index < -0.39 is 11.9 Å². The van der Waals surface area contributed by atoms with Crippen LogP contribution in [0.2, 0.25) is 0 Å². The zero-order chi connectivity index (χ0) is 19.5. The number of aromatic nitrogens is 1. The molecule has 8 nitrogen and oxygen atoms in total. The van der Waals surface area contributed by atoms with Gasteiger partial charge in [-0.25, -0.2) is 0 Å². The van der Waals surface area contributed by atoms with Crippen LogP contribution in [0, 0.1) is 5.92 Å². The van der Waals surface area contributed by atoms with Gasteiger partial charge >= 0.3 is 5.97 Å². The molecule has 0 spiro atoms. The van der Waals surface area contributed by atoms with E-state index in [0.29, 0.717) is 28.7 Å². The largest absolute Gasteiger partial charge is 0.495 e. The van der Waals surface area contributed by atoms with Gasteiger partial charge in [-0.1, -0.05) is 17.3 Å². The standard InChI is InChI=1S/C20H18N2O6/c1-25-16-6-3-2-5-15(16)22-11-13(9-19(22)23)20(24)27-12-14-10-18(28-21-14)17-7-4-8-26-17/h2-8,10,13H,9,11-12H2,1H3. The SMILES string of the molecule is COc1ccccc1N1CC(C(=O)OCc2cc(-c3ccco3)on2)CC1=O. The normalized spacial score (nSPS) is 16.4. The lowest BCUT2D eigenvalue weighted by Crippen LogP contribution is -2.26. The second-order valence-corrected chi connectivity index (χ2v) is 6.34. The molecule has 1 aliphatic heterocycles. The third-order valence-electron chi connectivity index (χ3n) is 4.52. The maximum absolute atomic E-state index is 12.4. The lowest BCUT2D eigenvalue weighted by molar-refractivity contribution is -0.149. The maximum Gasteiger partial charge on any atom is 0.311 e. The predicted octanol–water partition coefficient (Wildman–Crippen LogP) is 3.04. The van der Waals surface area contributed by atoms with Gasteiger partial charge in [0.25, 0.3) is 0 Å². The quantitative estimate of drug-likeness (QED) is 0.605. The molecule has 0 bridgehead atoms. The fourth-order valence-corrected chi connectivity index (χ4v) is 3.13. The van der Waals surface area contributed by atoms with Gasteiger partial charge in [0.1, 0.15) is 18.1 Å². The number of hydrogen-bond acceptors (Lipinski definition) is 7. The molecule has 0 radical (unpaired) electrons. The fraction of sp³-hybridized carbons (Fsp3) is 0.250. The summed E-state index contributed by atoms with van der Waals surface area (Å²) in [7, 11) is 1.54. The molecule has 8 heteroatoms. The number of rotatable bonds is 6. The van der Waals surface area contributed by atoms with Crippen LogP contribution >= 0.6 is 0 Å². The van der Waals surface area contributed by atoms with Gasteiger partial charge in [0.05, 0.1) is 25.0 Å². The number of para-hydroxylation sites is 2. The van der Waals surface area contributed by atoms with Crippen LogP contribution in [0.5, 0.6) is 5.75 Å². The zero-order valence-electron chi connectivity index (χ0n) is 15.2. The molecule has 4 rings (SSSR count). The van der Waals surface area contributed by atoms with E-state index in [2.05, 4.69) is 5.16 Å². The molecular formula is C20H18N2O6. The number of nitrogens with zero attached hydrogens (tertiary/aromatic N) is 2. The summed E-state index contributed by atoms with van der Waals surface area (Å²) >= 11 is 0. The minimum atomic E-state index is -0.547. The van der Waals surface area contributed by atoms with Crippen LogP contribution in [-0.2, 0) is 20.9 Å². The molecule has 3 heterocycles. The van der Waals surface area contributed by atoms with Crippen molar-refractivity contribution in [3.63, 3.8) is 0 Å². The number of amides is 1. The number of hydrogen-bond donors (Lipinski definition) is 0. The first kappa shape index (κ1) is 17.8. The molecule has 28 heavy (non-hydrogen) atoms. The van der Waals surface area contributed by atoms with Crippen molar-refractivity contribution in [2.45, 2.75) is 13.0 Å². The number of carbonyl (C=O) groups excluding carboxylic acids is 2. The average Bonchev–Trinajstić information content (AvgIpc) is 3.46. The second kappa shape index (κ2) is 7.59. The lowest BCUT2D eigenvalue weighted by Gasteiger charge is -2.19. The Morgan fingerprint density at radius 2 is 2.11 bits per heavy atom. The van der Waals surface area contributed by atoms with Crippen LogP contribution in [0.25, 0.3) is 11.5 Å². The molecule has 3 aromatic rings. The highest BCUT2D eigenvalue weighted by Gasteiger charge is 2.37. The molecule has 1 atom stereocenters. The summed E-state index contributed by atoms with van der Waals surface area (Å²) < 4.78 is 21.0. The van der Waals surface area contributed by atoms with E-state index in [1.54, 1.807) is 42.3 Å². The number of carbonyl (C=O) groups is 2. The van der Waals surface area contributed by atoms with Crippen molar-refractivity contribution >= 4 is 17.6 Å². The highest BCUT2D eigenvalue weighted by molar-refractivity contribution is 6.00. The number of anilines is 1. The third kappa shape index (κ3) is 3.48. The summed E-state index contributed by atoms with van der Waals surface area (Å²) in [5.41, 5.74) is 1.11. The predicted molar refractivity (Wildman–Crippen MR) is 97.5 cm³/mol. The fourth-order valence-electron chi connectivity index (χ4n) is 3.13. The first-order valence-electron chi connectivity index (χ1n) is 8.75. The summed E-state index contributed by atoms with van der Waals surface area (Å²) in [6.45, 7) is 0.205. The summed E-state index contributed by atoms with van der Waals surface area (Å²) in [6.07, 6.45) is 1.62. The molecule has 0 aliphatic carbocycles. The van der Waals surface area contributed by atoms with Crippen LogP contribution in [0.3, 0.4) is 0 Å². The number of benzene rings is 1. The van der Waals surface area contributed by atoms with Crippen molar-refractivity contribution < 1.29 is 28.0 Å². The monoisotopic (exact) mass is 382 g/mol. The number of furan rings is 1. The highest BCUT2D eigenvalue weighted by Crippen LogP contribution is 2.33. The van der Waals surface area contributed by atoms with Crippen molar-refractivity contribution in [1.82, 2.24) is 5.16 Å². The van der Waals surface area contributed by atoms with Crippen molar-refractivity contribution in [1.29, 1.82) is 0 Å². The summed E-state index contributed by atoms with van der Waals surface area (Å²) in [6, 6.07) is 12.3. The Bertz CT molecular complexity index is 978. The number of methoxy groups -OCH3 is 1. The van der Waals surface area contributed by atoms with Crippen LogP contribution in [0.1, 0.15) is 12.1 Å². The summed E-state index contributed by atoms with van der Waals surface area (Å²) in [4.78, 5) is 26.4. The molecule has 2 aromatic heterocycles. The van der Waals surface area contributed by atoms with E-state index >= 15 is 0 Å². The first-order chi connectivity index (χ1) is 13.7. The minimum Gasteiger partial charge on any atom is -0.495 e. The molecule has 1 aliphatic rings. The molecule has 1 aromatic carbocycles. The topological polar surface area (TPSA) is 95.0 Å². The molecule has 0 N–H and O–H groups in total. The Morgan fingerprint density at radius 3 is 2.89 bits per heavy atom. The molecule has 144 valence electrons. The number of esters is 1. The van der Waals surface area contributed by atoms with E-state index in [9.17, 15) is 9.59 Å². The lowest BCUT2D eigenvalue weighted by atomic mass is 10.1. The van der Waals surface area contributed by atoms with Crippen molar-refractivity contribution in [3.8, 4) is 17.3 Å². The van der Waals surface area contributed by atoms with Crippen LogP contribution in [0.4, 0.5) is 5.69 Å². The van der Waals surface area contributed by atoms with Crippen molar-refractivity contribution in [3.05, 3.63) is 54.4 Å². The van der Waals surface area contributed by atoms with E-state index in [0.717, 1.165) is 0 Å². The van der Waals surface area contributed by atoms with Crippen molar-refractivity contribution in [2.24, 2.45) is 5.92 Å². The molecule has 1 unspecified atom stereocenters. The Hall–Kier alpha value is -3.55. The van der Waals surface area contributed by atoms with E-state index in [1.807, 2.05) is 12.1 Å². The number of ether oxygens (including phenoxy) is 2. The van der Waals surface area contributed by atoms with Gasteiger partial charge < -0.3 is 23.3 Å². The molecule has 1 fully saturated rings. The molecular weight excluding hydrogens is 364 g/mol. The second-order valence-electron chi connectivity index (χ2n) is 6.34. The van der Waals surface area contributed by atoms with Gasteiger partial charge in [0, 0.05) is 19.0 Å². The summed E-state index contributed by atoms with van der Waals surface area (Å²) in [5.74, 6) is 0.432. The Labute approximate surface area is 160 Å². The van der Waals surface area contributed by atoms with Crippen LogP contribution < -0.4 is 9.64 Å². The minimum absolute atomic E-state index is 0.0393. The van der Waals surface area contributed by atoms with Gasteiger partial charge in [0.15, 0.2) is 5.76 Å². The molecule has 1 amide bonds. The van der Waals surface area contributed by atoms with Gasteiger partial charge in [-0.2, -0.15) is 0 Å². The third-order valence-corrected chi connectivity index (χ3v) is 4.52. The highest BCUT2D eigenvalue weighted by atomic mass is 16.5. The van der Waals surface area contributed by atoms with Crippen LogP contribution in [0.15, 0.2) is 57.7 Å². The molecule has 1 saturated heterocycles. The Morgan fingerprint density at radius 1 is 1.25 bits per heavy atom. The van der Waals surface area contributed by atoms with E-state index in [1.165, 1.54) is 6.26 Å². The maximum atomic E-state index is 12.4.